The van der Waals surface area contributed by atoms with Gasteiger partial charge in [-0.1, -0.05) is 58.3 Å². The number of nitrogens with zero attached hydrogens (tertiary/aromatic N) is 1. The Bertz CT molecular complexity index is 1160. The SMILES string of the molecule is CCCN(CC1(O)CCC2C34C=CC5(C=C3C(=O)C3CCCCC3)CC(O)CCC5(C)C4CCC21C)C(=O)NC(C)C. The molecule has 234 valence electrons. The molecule has 0 saturated heterocycles. The van der Waals surface area contributed by atoms with E-state index in [2.05, 4.69) is 44.3 Å². The minimum atomic E-state index is -1.01. The Hall–Kier alpha value is -1.66. The third kappa shape index (κ3) is 4.16. The summed E-state index contributed by atoms with van der Waals surface area (Å²) in [4.78, 5) is 29.8. The Morgan fingerprint density at radius 3 is 2.33 bits per heavy atom. The number of nitrogens with one attached hydrogen (secondary N) is 1. The van der Waals surface area contributed by atoms with Gasteiger partial charge in [0.15, 0.2) is 5.78 Å². The van der Waals surface area contributed by atoms with Crippen molar-refractivity contribution >= 4 is 11.8 Å². The highest BCUT2D eigenvalue weighted by Crippen LogP contribution is 2.78. The van der Waals surface area contributed by atoms with Gasteiger partial charge in [-0.25, -0.2) is 4.79 Å². The van der Waals surface area contributed by atoms with Crippen LogP contribution in [0.5, 0.6) is 0 Å². The summed E-state index contributed by atoms with van der Waals surface area (Å²) in [5.41, 5.74) is -1.07. The lowest BCUT2D eigenvalue weighted by Crippen LogP contribution is -2.67. The molecule has 0 aromatic rings. The minimum absolute atomic E-state index is 0.00917. The van der Waals surface area contributed by atoms with Gasteiger partial charge in [0.1, 0.15) is 0 Å². The van der Waals surface area contributed by atoms with Crippen LogP contribution in [0.2, 0.25) is 0 Å². The maximum atomic E-state index is 14.7. The second-order valence-electron chi connectivity index (χ2n) is 16.0. The second-order valence-corrected chi connectivity index (χ2v) is 16.0. The molecule has 0 heterocycles. The molecule has 7 aliphatic carbocycles. The van der Waals surface area contributed by atoms with Gasteiger partial charge in [-0.05, 0) is 95.3 Å². The number of carbonyl (C=O) groups excluding carboxylic acids is 2. The molecule has 4 fully saturated rings. The van der Waals surface area contributed by atoms with Crippen molar-refractivity contribution in [3.05, 3.63) is 23.8 Å². The number of aliphatic hydroxyl groups is 2. The van der Waals surface area contributed by atoms with Crippen LogP contribution in [0.15, 0.2) is 23.8 Å². The third-order valence-corrected chi connectivity index (χ3v) is 13.6. The second kappa shape index (κ2) is 10.5. The van der Waals surface area contributed by atoms with Gasteiger partial charge in [-0.2, -0.15) is 0 Å². The standard InChI is InChI=1S/C36H56N2O4/c1-6-20-38(31(41)37-24(2)3)23-35(42)17-14-29-33(35,5)16-13-28-32(4)15-12-26(39)21-34(32)18-19-36(28,29)27(22-34)30(40)25-10-8-7-9-11-25/h18-19,22,24-26,28-29,39,42H,6-17,20-21,23H2,1-5H3,(H,37,41). The van der Waals surface area contributed by atoms with Gasteiger partial charge in [0, 0.05) is 40.3 Å². The van der Waals surface area contributed by atoms with E-state index >= 15 is 0 Å². The fraction of sp³-hybridized carbons (Fsp3) is 0.833. The summed E-state index contributed by atoms with van der Waals surface area (Å²) in [5, 5.41) is 26.6. The Kier molecular flexibility index (Phi) is 7.57. The Morgan fingerprint density at radius 2 is 1.64 bits per heavy atom. The van der Waals surface area contributed by atoms with Gasteiger partial charge in [0.2, 0.25) is 0 Å². The first-order valence-electron chi connectivity index (χ1n) is 17.3. The molecule has 42 heavy (non-hydrogen) atoms. The van der Waals surface area contributed by atoms with E-state index in [1.54, 1.807) is 0 Å². The number of rotatable bonds is 7. The summed E-state index contributed by atoms with van der Waals surface area (Å²) in [6, 6.07) is -0.0589. The van der Waals surface area contributed by atoms with Crippen LogP contribution < -0.4 is 5.32 Å². The van der Waals surface area contributed by atoms with Gasteiger partial charge in [-0.3, -0.25) is 4.79 Å². The quantitative estimate of drug-likeness (QED) is 0.298. The van der Waals surface area contributed by atoms with Crippen molar-refractivity contribution in [2.24, 2.45) is 39.4 Å². The fourth-order valence-electron chi connectivity index (χ4n) is 11.4. The zero-order valence-corrected chi connectivity index (χ0v) is 26.9. The van der Waals surface area contributed by atoms with Crippen LogP contribution in [0.3, 0.4) is 0 Å². The molecule has 6 heteroatoms. The third-order valence-electron chi connectivity index (χ3n) is 13.6. The number of Topliss-reactive ketones (excluding diaryl/α,β-unsaturated/α-hetero) is 1. The Morgan fingerprint density at radius 1 is 0.976 bits per heavy atom. The number of amides is 2. The molecule has 7 rings (SSSR count). The van der Waals surface area contributed by atoms with Crippen molar-refractivity contribution in [1.82, 2.24) is 10.2 Å². The predicted molar refractivity (Wildman–Crippen MR) is 166 cm³/mol. The number of aliphatic hydroxyl groups excluding tert-OH is 1. The average molecular weight is 581 g/mol. The van der Waals surface area contributed by atoms with Crippen LogP contribution >= 0.6 is 0 Å². The zero-order valence-electron chi connectivity index (χ0n) is 26.9. The molecular formula is C36H56N2O4. The molecule has 0 aromatic carbocycles. The topological polar surface area (TPSA) is 89.9 Å². The highest BCUT2D eigenvalue weighted by molar-refractivity contribution is 6.00. The number of carbonyl (C=O) groups is 2. The van der Waals surface area contributed by atoms with E-state index in [0.717, 1.165) is 69.8 Å². The Balaban J connectivity index is 1.42. The normalized spacial score (nSPS) is 44.3. The summed E-state index contributed by atoms with van der Waals surface area (Å²) in [6.45, 7) is 11.7. The number of fused-ring (bicyclic) bond motifs is 1. The highest BCUT2D eigenvalue weighted by Gasteiger charge is 2.74. The zero-order chi connectivity index (χ0) is 30.1. The van der Waals surface area contributed by atoms with Crippen LogP contribution in [-0.2, 0) is 4.79 Å². The van der Waals surface area contributed by atoms with Gasteiger partial charge in [0.05, 0.1) is 18.2 Å². The number of hydrogen-bond donors (Lipinski definition) is 3. The van der Waals surface area contributed by atoms with Crippen LogP contribution in [0.4, 0.5) is 4.79 Å². The predicted octanol–water partition coefficient (Wildman–Crippen LogP) is 6.56. The molecule has 2 spiro atoms. The van der Waals surface area contributed by atoms with E-state index in [1.807, 2.05) is 18.7 Å². The molecule has 8 unspecified atom stereocenters. The fourth-order valence-corrected chi connectivity index (χ4v) is 11.4. The molecule has 8 atom stereocenters. The largest absolute Gasteiger partial charge is 0.393 e. The highest BCUT2D eigenvalue weighted by atomic mass is 16.3. The van der Waals surface area contributed by atoms with Crippen molar-refractivity contribution in [2.75, 3.05) is 13.1 Å². The maximum Gasteiger partial charge on any atom is 0.317 e. The molecule has 2 amide bonds. The number of allylic oxidation sites excluding steroid dienone is 4. The first kappa shape index (κ1) is 30.4. The van der Waals surface area contributed by atoms with E-state index in [0.29, 0.717) is 37.6 Å². The molecule has 0 radical (unpaired) electrons. The molecule has 0 aliphatic heterocycles. The summed E-state index contributed by atoms with van der Waals surface area (Å²) in [6.07, 6.45) is 19.0. The van der Waals surface area contributed by atoms with Crippen molar-refractivity contribution in [3.8, 4) is 0 Å². The van der Waals surface area contributed by atoms with Gasteiger partial charge >= 0.3 is 6.03 Å². The summed E-state index contributed by atoms with van der Waals surface area (Å²) in [7, 11) is 0. The average Bonchev–Trinajstić information content (AvgIpc) is 3.22. The number of ketones is 1. The smallest absolute Gasteiger partial charge is 0.317 e. The van der Waals surface area contributed by atoms with Crippen molar-refractivity contribution in [2.45, 2.75) is 136 Å². The molecule has 2 bridgehead atoms. The molecule has 3 N–H and O–H groups in total. The number of hydrogen-bond acceptors (Lipinski definition) is 4. The van der Waals surface area contributed by atoms with Crippen LogP contribution in [0, 0.1) is 39.4 Å². The number of urea groups is 1. The van der Waals surface area contributed by atoms with E-state index in [-0.39, 0.29) is 46.3 Å². The Labute approximate surface area is 253 Å². The van der Waals surface area contributed by atoms with Gasteiger partial charge < -0.3 is 20.4 Å². The molecule has 0 aromatic heterocycles. The summed E-state index contributed by atoms with van der Waals surface area (Å²) < 4.78 is 0. The van der Waals surface area contributed by atoms with Gasteiger partial charge in [0.25, 0.3) is 0 Å². The van der Waals surface area contributed by atoms with Crippen molar-refractivity contribution in [1.29, 1.82) is 0 Å². The van der Waals surface area contributed by atoms with Crippen LogP contribution in [0.1, 0.15) is 118 Å². The van der Waals surface area contributed by atoms with E-state index in [1.165, 1.54) is 6.42 Å². The summed E-state index contributed by atoms with van der Waals surface area (Å²) in [5.74, 6) is 0.917. The summed E-state index contributed by atoms with van der Waals surface area (Å²) >= 11 is 0. The molecule has 7 aliphatic rings. The van der Waals surface area contributed by atoms with Gasteiger partial charge in [-0.15, -0.1) is 0 Å². The lowest BCUT2D eigenvalue weighted by atomic mass is 9.32. The minimum Gasteiger partial charge on any atom is -0.393 e. The molecule has 6 nitrogen and oxygen atoms in total. The first-order valence-corrected chi connectivity index (χ1v) is 17.3. The maximum absolute atomic E-state index is 14.7. The van der Waals surface area contributed by atoms with Crippen LogP contribution in [-0.4, -0.2) is 57.8 Å². The van der Waals surface area contributed by atoms with Crippen LogP contribution in [0.25, 0.3) is 0 Å². The first-order chi connectivity index (χ1) is 19.9. The van der Waals surface area contributed by atoms with E-state index in [4.69, 9.17) is 0 Å². The lowest BCUT2D eigenvalue weighted by Gasteiger charge is -2.71. The lowest BCUT2D eigenvalue weighted by molar-refractivity contribution is -0.178. The monoisotopic (exact) mass is 580 g/mol. The molecular weight excluding hydrogens is 524 g/mol. The van der Waals surface area contributed by atoms with E-state index < -0.39 is 11.0 Å². The van der Waals surface area contributed by atoms with E-state index in [9.17, 15) is 19.8 Å². The molecule has 4 saturated carbocycles. The van der Waals surface area contributed by atoms with Crippen molar-refractivity contribution < 1.29 is 19.8 Å². The van der Waals surface area contributed by atoms with Crippen molar-refractivity contribution in [3.63, 3.8) is 0 Å².